The third-order valence-corrected chi connectivity index (χ3v) is 6.42. The van der Waals surface area contributed by atoms with Crippen LogP contribution in [0.15, 0.2) is 65.1 Å². The largest absolute Gasteiger partial charge is 0.454 e. The van der Waals surface area contributed by atoms with Crippen molar-refractivity contribution in [2.45, 2.75) is 27.7 Å². The number of nitrogens with zero attached hydrogens (tertiary/aromatic N) is 2. The summed E-state index contributed by atoms with van der Waals surface area (Å²) in [5, 5.41) is 0. The van der Waals surface area contributed by atoms with Gasteiger partial charge in [-0.25, -0.2) is 9.18 Å². The first-order chi connectivity index (χ1) is 16.2. The second-order valence-electron chi connectivity index (χ2n) is 8.19. The van der Waals surface area contributed by atoms with Gasteiger partial charge in [0.25, 0.3) is 0 Å². The lowest BCUT2D eigenvalue weighted by Crippen LogP contribution is -2.15. The van der Waals surface area contributed by atoms with Gasteiger partial charge in [0.05, 0.1) is 5.56 Å². The Hall–Kier alpha value is -3.45. The van der Waals surface area contributed by atoms with Crippen LogP contribution in [0.2, 0.25) is 0 Å². The van der Waals surface area contributed by atoms with Crippen LogP contribution in [0, 0.1) is 33.5 Å². The van der Waals surface area contributed by atoms with Crippen molar-refractivity contribution in [1.82, 2.24) is 9.13 Å². The predicted octanol–water partition coefficient (Wildman–Crippen LogP) is 6.44. The monoisotopic (exact) mass is 522 g/mol. The zero-order chi connectivity index (χ0) is 24.6. The minimum Gasteiger partial charge on any atom is -0.454 e. The van der Waals surface area contributed by atoms with E-state index in [-0.39, 0.29) is 18.2 Å². The van der Waals surface area contributed by atoms with Gasteiger partial charge >= 0.3 is 5.97 Å². The van der Waals surface area contributed by atoms with Gasteiger partial charge in [0.15, 0.2) is 6.61 Å². The fourth-order valence-electron chi connectivity index (χ4n) is 4.28. The van der Waals surface area contributed by atoms with Crippen molar-refractivity contribution in [3.8, 4) is 11.4 Å². The summed E-state index contributed by atoms with van der Waals surface area (Å²) in [6.07, 6.45) is 0. The third kappa shape index (κ3) is 4.48. The van der Waals surface area contributed by atoms with Gasteiger partial charge in [-0.05, 0) is 88.4 Å². The van der Waals surface area contributed by atoms with Crippen LogP contribution < -0.4 is 0 Å². The van der Waals surface area contributed by atoms with E-state index in [1.165, 1.54) is 12.1 Å². The van der Waals surface area contributed by atoms with Crippen LogP contribution in [0.5, 0.6) is 0 Å². The average Bonchev–Trinajstić information content (AvgIpc) is 3.28. The van der Waals surface area contributed by atoms with Crippen LogP contribution >= 0.6 is 15.9 Å². The molecule has 2 heterocycles. The Bertz CT molecular complexity index is 1280. The standard InChI is InChI=1S/C27H24BrFN2O3/c1-16-13-24(18(3)30(16)22-9-5-20(28)6-10-22)26(32)15-34-27(33)25-14-17(2)31(19(25)4)23-11-7-21(29)8-12-23/h5-14H,15H2,1-4H3. The zero-order valence-electron chi connectivity index (χ0n) is 19.4. The predicted molar refractivity (Wildman–Crippen MR) is 133 cm³/mol. The lowest BCUT2D eigenvalue weighted by molar-refractivity contribution is 0.0474. The lowest BCUT2D eigenvalue weighted by atomic mass is 10.1. The molecule has 0 aliphatic rings. The van der Waals surface area contributed by atoms with E-state index < -0.39 is 5.97 Å². The number of hydrogen-bond acceptors (Lipinski definition) is 3. The van der Waals surface area contributed by atoms with E-state index in [1.807, 2.05) is 60.2 Å². The minimum atomic E-state index is -0.573. The van der Waals surface area contributed by atoms with Crippen LogP contribution in [-0.4, -0.2) is 27.5 Å². The van der Waals surface area contributed by atoms with E-state index in [1.54, 1.807) is 25.1 Å². The van der Waals surface area contributed by atoms with Gasteiger partial charge in [0, 0.05) is 44.2 Å². The summed E-state index contributed by atoms with van der Waals surface area (Å²) in [4.78, 5) is 25.7. The number of aromatic nitrogens is 2. The maximum Gasteiger partial charge on any atom is 0.340 e. The molecule has 0 bridgehead atoms. The molecule has 2 aromatic carbocycles. The molecule has 4 aromatic rings. The quantitative estimate of drug-likeness (QED) is 0.216. The molecule has 0 N–H and O–H groups in total. The fourth-order valence-corrected chi connectivity index (χ4v) is 4.54. The number of esters is 1. The van der Waals surface area contributed by atoms with Crippen LogP contribution in [0.3, 0.4) is 0 Å². The first-order valence-electron chi connectivity index (χ1n) is 10.8. The third-order valence-electron chi connectivity index (χ3n) is 5.89. The van der Waals surface area contributed by atoms with Crippen LogP contribution in [0.4, 0.5) is 4.39 Å². The number of aryl methyl sites for hydroxylation is 2. The summed E-state index contributed by atoms with van der Waals surface area (Å²) in [5.41, 5.74) is 5.75. The molecule has 0 saturated carbocycles. The maximum atomic E-state index is 13.3. The van der Waals surface area contributed by atoms with Gasteiger partial charge in [0.2, 0.25) is 5.78 Å². The highest BCUT2D eigenvalue weighted by Crippen LogP contribution is 2.24. The number of benzene rings is 2. The van der Waals surface area contributed by atoms with Gasteiger partial charge in [-0.3, -0.25) is 4.79 Å². The molecule has 0 aliphatic carbocycles. The van der Waals surface area contributed by atoms with E-state index in [4.69, 9.17) is 4.74 Å². The molecule has 2 aromatic heterocycles. The summed E-state index contributed by atoms with van der Waals surface area (Å²) < 4.78 is 23.5. The highest BCUT2D eigenvalue weighted by Gasteiger charge is 2.21. The van der Waals surface area contributed by atoms with Gasteiger partial charge in [-0.2, -0.15) is 0 Å². The van der Waals surface area contributed by atoms with Crippen molar-refractivity contribution < 1.29 is 18.7 Å². The molecular weight excluding hydrogens is 499 g/mol. The number of carbonyl (C=O) groups is 2. The summed E-state index contributed by atoms with van der Waals surface area (Å²) in [6, 6.07) is 17.4. The zero-order valence-corrected chi connectivity index (χ0v) is 20.9. The lowest BCUT2D eigenvalue weighted by Gasteiger charge is -2.10. The Morgan fingerprint density at radius 1 is 0.794 bits per heavy atom. The van der Waals surface area contributed by atoms with Crippen molar-refractivity contribution in [2.24, 2.45) is 0 Å². The minimum absolute atomic E-state index is 0.267. The molecule has 7 heteroatoms. The first-order valence-corrected chi connectivity index (χ1v) is 11.6. The smallest absolute Gasteiger partial charge is 0.340 e. The molecule has 174 valence electrons. The topological polar surface area (TPSA) is 53.2 Å². The molecule has 0 unspecified atom stereocenters. The SMILES string of the molecule is Cc1cc(C(=O)COC(=O)c2cc(C)n(-c3ccc(F)cc3)c2C)c(C)n1-c1ccc(Br)cc1. The van der Waals surface area contributed by atoms with Crippen molar-refractivity contribution >= 4 is 27.7 Å². The number of carbonyl (C=O) groups excluding carboxylic acids is 2. The number of Topliss-reactive ketones (excluding diaryl/α,β-unsaturated/α-hetero) is 1. The van der Waals surface area contributed by atoms with Gasteiger partial charge in [0.1, 0.15) is 5.82 Å². The Kier molecular flexibility index (Phi) is 6.57. The number of rotatable bonds is 6. The molecule has 5 nitrogen and oxygen atoms in total. The normalized spacial score (nSPS) is 11.0. The fraction of sp³-hybridized carbons (Fsp3) is 0.185. The van der Waals surface area contributed by atoms with Gasteiger partial charge in [-0.15, -0.1) is 0 Å². The highest BCUT2D eigenvalue weighted by atomic mass is 79.9. The van der Waals surface area contributed by atoms with E-state index in [2.05, 4.69) is 15.9 Å². The summed E-state index contributed by atoms with van der Waals surface area (Å²) in [7, 11) is 0. The highest BCUT2D eigenvalue weighted by molar-refractivity contribution is 9.10. The van der Waals surface area contributed by atoms with Gasteiger partial charge < -0.3 is 13.9 Å². The molecule has 0 radical (unpaired) electrons. The maximum absolute atomic E-state index is 13.3. The second kappa shape index (κ2) is 9.43. The number of hydrogen-bond donors (Lipinski definition) is 0. The summed E-state index contributed by atoms with van der Waals surface area (Å²) >= 11 is 3.44. The van der Waals surface area contributed by atoms with Gasteiger partial charge in [-0.1, -0.05) is 15.9 Å². The number of halogens is 2. The molecule has 0 aliphatic heterocycles. The molecule has 0 saturated heterocycles. The Morgan fingerprint density at radius 3 is 1.82 bits per heavy atom. The Morgan fingerprint density at radius 2 is 1.26 bits per heavy atom. The molecule has 0 spiro atoms. The van der Waals surface area contributed by atoms with Crippen molar-refractivity contribution in [3.05, 3.63) is 105 Å². The van der Waals surface area contributed by atoms with Crippen LogP contribution in [-0.2, 0) is 4.74 Å². The van der Waals surface area contributed by atoms with E-state index >= 15 is 0 Å². The second-order valence-corrected chi connectivity index (χ2v) is 9.11. The van der Waals surface area contributed by atoms with Crippen LogP contribution in [0.1, 0.15) is 43.5 Å². The van der Waals surface area contributed by atoms with E-state index in [9.17, 15) is 14.0 Å². The number of ether oxygens (including phenoxy) is 1. The molecule has 0 amide bonds. The Balaban J connectivity index is 1.52. The van der Waals surface area contributed by atoms with E-state index in [0.717, 1.165) is 32.9 Å². The van der Waals surface area contributed by atoms with Crippen molar-refractivity contribution in [2.75, 3.05) is 6.61 Å². The molecule has 4 rings (SSSR count). The Labute approximate surface area is 205 Å². The summed E-state index contributed by atoms with van der Waals surface area (Å²) in [6.45, 7) is 7.10. The van der Waals surface area contributed by atoms with Crippen molar-refractivity contribution in [3.63, 3.8) is 0 Å². The molecule has 34 heavy (non-hydrogen) atoms. The molecule has 0 atom stereocenters. The van der Waals surface area contributed by atoms with Crippen molar-refractivity contribution in [1.29, 1.82) is 0 Å². The number of ketones is 1. The average molecular weight is 523 g/mol. The van der Waals surface area contributed by atoms with E-state index in [0.29, 0.717) is 16.8 Å². The molecular formula is C27H24BrFN2O3. The van der Waals surface area contributed by atoms with Crippen LogP contribution in [0.25, 0.3) is 11.4 Å². The molecule has 0 fully saturated rings. The first kappa shape index (κ1) is 23.7. The summed E-state index contributed by atoms with van der Waals surface area (Å²) in [5.74, 6) is -1.17.